The highest BCUT2D eigenvalue weighted by Crippen LogP contribution is 2.28. The van der Waals surface area contributed by atoms with Crippen LogP contribution < -0.4 is 5.73 Å². The summed E-state index contributed by atoms with van der Waals surface area (Å²) in [7, 11) is 0. The van der Waals surface area contributed by atoms with E-state index in [0.29, 0.717) is 10.6 Å². The van der Waals surface area contributed by atoms with Gasteiger partial charge in [0.05, 0.1) is 6.04 Å². The predicted octanol–water partition coefficient (Wildman–Crippen LogP) is 4.28. The van der Waals surface area contributed by atoms with E-state index in [4.69, 9.17) is 17.3 Å². The number of aryl methyl sites for hydroxylation is 2. The van der Waals surface area contributed by atoms with Crippen LogP contribution in [0, 0.1) is 25.5 Å². The molecular weight excluding hydrogens is 268 g/mol. The predicted molar refractivity (Wildman–Crippen MR) is 73.3 cm³/mol. The first-order valence-corrected chi connectivity index (χ1v) is 6.25. The minimum atomic E-state index is -0.896. The lowest BCUT2D eigenvalue weighted by Crippen LogP contribution is -2.16. The van der Waals surface area contributed by atoms with Gasteiger partial charge in [-0.05, 0) is 42.7 Å². The molecule has 0 bridgehead atoms. The van der Waals surface area contributed by atoms with Crippen LogP contribution in [0.1, 0.15) is 28.3 Å². The van der Waals surface area contributed by atoms with Gasteiger partial charge < -0.3 is 5.73 Å². The van der Waals surface area contributed by atoms with Crippen molar-refractivity contribution in [2.45, 2.75) is 19.9 Å². The minimum absolute atomic E-state index is 0.133. The molecule has 2 rings (SSSR count). The number of nitrogens with two attached hydrogens (primary N) is 1. The Hall–Kier alpha value is -1.45. The Bertz CT molecular complexity index is 626. The molecule has 100 valence electrons. The van der Waals surface area contributed by atoms with Gasteiger partial charge >= 0.3 is 0 Å². The van der Waals surface area contributed by atoms with Crippen molar-refractivity contribution >= 4 is 11.6 Å². The van der Waals surface area contributed by atoms with Gasteiger partial charge in [-0.2, -0.15) is 0 Å². The van der Waals surface area contributed by atoms with Gasteiger partial charge in [-0.1, -0.05) is 29.8 Å². The average molecular weight is 282 g/mol. The Kier molecular flexibility index (Phi) is 3.88. The molecular formula is C15H14ClF2N. The lowest BCUT2D eigenvalue weighted by molar-refractivity contribution is 0.489. The quantitative estimate of drug-likeness (QED) is 0.873. The minimum Gasteiger partial charge on any atom is -0.320 e. The standard InChI is InChI=1S/C15H14ClF2N/c1-8-3-5-10(16)7-12(8)15(19)11-6-4-9(2)13(17)14(11)18/h3-7,15H,19H2,1-2H3. The highest BCUT2D eigenvalue weighted by atomic mass is 35.5. The van der Waals surface area contributed by atoms with Gasteiger partial charge in [0.25, 0.3) is 0 Å². The van der Waals surface area contributed by atoms with Crippen molar-refractivity contribution in [2.24, 2.45) is 5.73 Å². The fraction of sp³-hybridized carbons (Fsp3) is 0.200. The molecule has 2 aromatic rings. The first kappa shape index (κ1) is 14.0. The lowest BCUT2D eigenvalue weighted by atomic mass is 9.94. The van der Waals surface area contributed by atoms with E-state index in [1.54, 1.807) is 18.2 Å². The summed E-state index contributed by atoms with van der Waals surface area (Å²) in [6.07, 6.45) is 0. The smallest absolute Gasteiger partial charge is 0.164 e. The highest BCUT2D eigenvalue weighted by molar-refractivity contribution is 6.30. The monoisotopic (exact) mass is 281 g/mol. The summed E-state index contributed by atoms with van der Waals surface area (Å²) in [5.74, 6) is -1.75. The van der Waals surface area contributed by atoms with E-state index in [-0.39, 0.29) is 11.1 Å². The Morgan fingerprint density at radius 3 is 2.26 bits per heavy atom. The summed E-state index contributed by atoms with van der Waals surface area (Å²) in [4.78, 5) is 0. The Balaban J connectivity index is 2.53. The van der Waals surface area contributed by atoms with E-state index in [0.717, 1.165) is 5.56 Å². The summed E-state index contributed by atoms with van der Waals surface area (Å²) >= 11 is 5.92. The SMILES string of the molecule is Cc1ccc(Cl)cc1C(N)c1ccc(C)c(F)c1F. The van der Waals surface area contributed by atoms with Crippen molar-refractivity contribution < 1.29 is 8.78 Å². The normalized spacial score (nSPS) is 12.5. The second-order valence-electron chi connectivity index (χ2n) is 4.58. The van der Waals surface area contributed by atoms with Crippen LogP contribution in [0.5, 0.6) is 0 Å². The molecule has 0 aliphatic heterocycles. The van der Waals surface area contributed by atoms with Crippen LogP contribution in [0.25, 0.3) is 0 Å². The van der Waals surface area contributed by atoms with Crippen LogP contribution in [0.3, 0.4) is 0 Å². The highest BCUT2D eigenvalue weighted by Gasteiger charge is 2.19. The van der Waals surface area contributed by atoms with E-state index in [1.165, 1.54) is 19.1 Å². The Morgan fingerprint density at radius 2 is 1.58 bits per heavy atom. The molecule has 4 heteroatoms. The molecule has 0 amide bonds. The van der Waals surface area contributed by atoms with Gasteiger partial charge in [0.2, 0.25) is 0 Å². The molecule has 1 atom stereocenters. The molecule has 2 aromatic carbocycles. The van der Waals surface area contributed by atoms with Crippen LogP contribution in [0.2, 0.25) is 5.02 Å². The summed E-state index contributed by atoms with van der Waals surface area (Å²) in [6.45, 7) is 3.37. The largest absolute Gasteiger partial charge is 0.320 e. The number of rotatable bonds is 2. The number of hydrogen-bond donors (Lipinski definition) is 1. The molecule has 0 saturated heterocycles. The van der Waals surface area contributed by atoms with Crippen LogP contribution in [-0.4, -0.2) is 0 Å². The molecule has 1 unspecified atom stereocenters. The lowest BCUT2D eigenvalue weighted by Gasteiger charge is -2.17. The molecule has 19 heavy (non-hydrogen) atoms. The third kappa shape index (κ3) is 2.62. The molecule has 0 saturated carbocycles. The molecule has 0 radical (unpaired) electrons. The molecule has 1 nitrogen and oxygen atoms in total. The summed E-state index contributed by atoms with van der Waals surface area (Å²) in [5.41, 5.74) is 8.01. The van der Waals surface area contributed by atoms with E-state index in [2.05, 4.69) is 0 Å². The maximum absolute atomic E-state index is 13.9. The molecule has 0 heterocycles. The number of halogens is 3. The van der Waals surface area contributed by atoms with Gasteiger partial charge in [-0.25, -0.2) is 8.78 Å². The van der Waals surface area contributed by atoms with Gasteiger partial charge in [0.1, 0.15) is 0 Å². The number of benzene rings is 2. The van der Waals surface area contributed by atoms with Crippen molar-refractivity contribution in [3.05, 3.63) is 69.2 Å². The van der Waals surface area contributed by atoms with Crippen molar-refractivity contribution in [1.82, 2.24) is 0 Å². The summed E-state index contributed by atoms with van der Waals surface area (Å²) in [5, 5.41) is 0.518. The van der Waals surface area contributed by atoms with E-state index in [1.807, 2.05) is 6.92 Å². The zero-order valence-electron chi connectivity index (χ0n) is 10.7. The molecule has 2 N–H and O–H groups in total. The number of hydrogen-bond acceptors (Lipinski definition) is 1. The van der Waals surface area contributed by atoms with E-state index < -0.39 is 17.7 Å². The van der Waals surface area contributed by atoms with E-state index >= 15 is 0 Å². The van der Waals surface area contributed by atoms with Gasteiger partial charge in [0.15, 0.2) is 11.6 Å². The molecule has 0 fully saturated rings. The Labute approximate surface area is 116 Å². The fourth-order valence-corrected chi connectivity index (χ4v) is 2.20. The van der Waals surface area contributed by atoms with Crippen LogP contribution >= 0.6 is 11.6 Å². The molecule has 0 aliphatic carbocycles. The van der Waals surface area contributed by atoms with Crippen LogP contribution in [-0.2, 0) is 0 Å². The molecule has 0 aliphatic rings. The maximum atomic E-state index is 13.9. The first-order chi connectivity index (χ1) is 8.91. The summed E-state index contributed by atoms with van der Waals surface area (Å²) in [6, 6.07) is 7.51. The maximum Gasteiger partial charge on any atom is 0.164 e. The second kappa shape index (κ2) is 5.27. The van der Waals surface area contributed by atoms with Crippen molar-refractivity contribution in [3.63, 3.8) is 0 Å². The zero-order valence-corrected chi connectivity index (χ0v) is 11.4. The van der Waals surface area contributed by atoms with Gasteiger partial charge in [-0.3, -0.25) is 0 Å². The Morgan fingerprint density at radius 1 is 0.947 bits per heavy atom. The van der Waals surface area contributed by atoms with Crippen molar-refractivity contribution in [1.29, 1.82) is 0 Å². The van der Waals surface area contributed by atoms with Crippen molar-refractivity contribution in [3.8, 4) is 0 Å². The summed E-state index contributed by atoms with van der Waals surface area (Å²) < 4.78 is 27.5. The average Bonchev–Trinajstić information content (AvgIpc) is 2.38. The third-order valence-electron chi connectivity index (χ3n) is 3.22. The van der Waals surface area contributed by atoms with Gasteiger partial charge in [0, 0.05) is 10.6 Å². The fourth-order valence-electron chi connectivity index (χ4n) is 2.02. The van der Waals surface area contributed by atoms with Crippen LogP contribution in [0.4, 0.5) is 8.78 Å². The third-order valence-corrected chi connectivity index (χ3v) is 3.45. The van der Waals surface area contributed by atoms with Crippen molar-refractivity contribution in [2.75, 3.05) is 0 Å². The van der Waals surface area contributed by atoms with E-state index in [9.17, 15) is 8.78 Å². The van der Waals surface area contributed by atoms with Crippen LogP contribution in [0.15, 0.2) is 30.3 Å². The molecule has 0 spiro atoms. The first-order valence-electron chi connectivity index (χ1n) is 5.88. The zero-order chi connectivity index (χ0) is 14.2. The van der Waals surface area contributed by atoms with Gasteiger partial charge in [-0.15, -0.1) is 0 Å². The topological polar surface area (TPSA) is 26.0 Å². The molecule has 0 aromatic heterocycles. The second-order valence-corrected chi connectivity index (χ2v) is 5.01.